The highest BCUT2D eigenvalue weighted by molar-refractivity contribution is 5.95. The van der Waals surface area contributed by atoms with Crippen LogP contribution in [0.25, 0.3) is 0 Å². The van der Waals surface area contributed by atoms with Gasteiger partial charge in [-0.2, -0.15) is 0 Å². The van der Waals surface area contributed by atoms with Gasteiger partial charge in [0.25, 0.3) is 5.91 Å². The van der Waals surface area contributed by atoms with Crippen LogP contribution in [-0.4, -0.2) is 28.0 Å². The summed E-state index contributed by atoms with van der Waals surface area (Å²) in [4.78, 5) is 27.5. The van der Waals surface area contributed by atoms with Gasteiger partial charge in [0.15, 0.2) is 5.89 Å². The largest absolute Gasteiger partial charge is 0.480 e. The van der Waals surface area contributed by atoms with E-state index in [1.54, 1.807) is 6.92 Å². The normalized spacial score (nSPS) is 16.2. The monoisotopic (exact) mass is 280 g/mol. The third-order valence-corrected chi connectivity index (χ3v) is 3.26. The van der Waals surface area contributed by atoms with Gasteiger partial charge in [-0.15, -0.1) is 0 Å². The summed E-state index contributed by atoms with van der Waals surface area (Å²) in [6.45, 7) is 5.52. The smallest absolute Gasteiger partial charge is 0.326 e. The van der Waals surface area contributed by atoms with Gasteiger partial charge < -0.3 is 14.8 Å². The van der Waals surface area contributed by atoms with Crippen LogP contribution < -0.4 is 5.32 Å². The predicted molar refractivity (Wildman–Crippen MR) is 71.6 cm³/mol. The summed E-state index contributed by atoms with van der Waals surface area (Å²) in [7, 11) is 0. The maximum atomic E-state index is 12.1. The van der Waals surface area contributed by atoms with Gasteiger partial charge in [0.05, 0.1) is 5.69 Å². The molecule has 1 unspecified atom stereocenters. The predicted octanol–water partition coefficient (Wildman–Crippen LogP) is 2.09. The SMILES string of the molecule is Cc1nc(C2CC2)oc1C(=O)NC(CC(C)C)C(=O)O. The molecule has 0 bridgehead atoms. The zero-order valence-corrected chi connectivity index (χ0v) is 12.0. The van der Waals surface area contributed by atoms with E-state index in [1.807, 2.05) is 13.8 Å². The van der Waals surface area contributed by atoms with Crippen molar-refractivity contribution >= 4 is 11.9 Å². The first-order valence-electron chi connectivity index (χ1n) is 6.89. The van der Waals surface area contributed by atoms with Gasteiger partial charge in [-0.1, -0.05) is 13.8 Å². The molecule has 0 spiro atoms. The van der Waals surface area contributed by atoms with Gasteiger partial charge in [-0.25, -0.2) is 9.78 Å². The molecule has 0 saturated heterocycles. The second kappa shape index (κ2) is 5.64. The number of carboxylic acid groups (broad SMARTS) is 1. The summed E-state index contributed by atoms with van der Waals surface area (Å²) >= 11 is 0. The van der Waals surface area contributed by atoms with Gasteiger partial charge in [-0.3, -0.25) is 4.79 Å². The van der Waals surface area contributed by atoms with Gasteiger partial charge in [0.2, 0.25) is 5.76 Å². The van der Waals surface area contributed by atoms with Crippen LogP contribution in [0.4, 0.5) is 0 Å². The number of nitrogens with zero attached hydrogens (tertiary/aromatic N) is 1. The third-order valence-electron chi connectivity index (χ3n) is 3.26. The standard InChI is InChI=1S/C14H20N2O4/c1-7(2)6-10(14(18)19)16-12(17)11-8(3)15-13(20-11)9-4-5-9/h7,9-10H,4-6H2,1-3H3,(H,16,17)(H,18,19). The van der Waals surface area contributed by atoms with E-state index >= 15 is 0 Å². The molecule has 20 heavy (non-hydrogen) atoms. The fourth-order valence-corrected chi connectivity index (χ4v) is 2.05. The van der Waals surface area contributed by atoms with Crippen LogP contribution in [0, 0.1) is 12.8 Å². The quantitative estimate of drug-likeness (QED) is 0.832. The number of aliphatic carboxylic acids is 1. The Morgan fingerprint density at radius 1 is 1.45 bits per heavy atom. The highest BCUT2D eigenvalue weighted by atomic mass is 16.4. The van der Waals surface area contributed by atoms with Crippen molar-refractivity contribution < 1.29 is 19.1 Å². The Labute approximate surface area is 117 Å². The van der Waals surface area contributed by atoms with Crippen LogP contribution in [0.15, 0.2) is 4.42 Å². The number of nitrogens with one attached hydrogen (secondary N) is 1. The van der Waals surface area contributed by atoms with Crippen LogP contribution in [-0.2, 0) is 4.79 Å². The van der Waals surface area contributed by atoms with Gasteiger partial charge in [0, 0.05) is 5.92 Å². The maximum Gasteiger partial charge on any atom is 0.326 e. The number of aryl methyl sites for hydroxylation is 1. The van der Waals surface area contributed by atoms with E-state index in [0.29, 0.717) is 23.9 Å². The van der Waals surface area contributed by atoms with Crippen molar-refractivity contribution in [3.63, 3.8) is 0 Å². The molecule has 1 amide bonds. The molecular formula is C14H20N2O4. The Morgan fingerprint density at radius 3 is 2.60 bits per heavy atom. The maximum absolute atomic E-state index is 12.1. The molecule has 2 rings (SSSR count). The number of rotatable bonds is 6. The summed E-state index contributed by atoms with van der Waals surface area (Å²) in [5.41, 5.74) is 0.512. The lowest BCUT2D eigenvalue weighted by atomic mass is 10.0. The first kappa shape index (κ1) is 14.6. The van der Waals surface area contributed by atoms with Gasteiger partial charge in [-0.05, 0) is 32.1 Å². The van der Waals surface area contributed by atoms with Crippen LogP contribution in [0.2, 0.25) is 0 Å². The van der Waals surface area contributed by atoms with Crippen molar-refractivity contribution in [2.24, 2.45) is 5.92 Å². The number of carboxylic acids is 1. The topological polar surface area (TPSA) is 92.4 Å². The van der Waals surface area contributed by atoms with E-state index < -0.39 is 17.9 Å². The summed E-state index contributed by atoms with van der Waals surface area (Å²) in [5.74, 6) is -0.331. The van der Waals surface area contributed by atoms with Gasteiger partial charge in [0.1, 0.15) is 6.04 Å². The third kappa shape index (κ3) is 3.37. The fraction of sp³-hybridized carbons (Fsp3) is 0.643. The average molecular weight is 280 g/mol. The first-order chi connectivity index (χ1) is 9.38. The minimum absolute atomic E-state index is 0.127. The highest BCUT2D eigenvalue weighted by Gasteiger charge is 2.31. The van der Waals surface area contributed by atoms with Crippen molar-refractivity contribution in [1.29, 1.82) is 0 Å². The lowest BCUT2D eigenvalue weighted by Gasteiger charge is -2.15. The van der Waals surface area contributed by atoms with Crippen molar-refractivity contribution in [2.75, 3.05) is 0 Å². The molecule has 0 aromatic carbocycles. The molecule has 1 aromatic rings. The summed E-state index contributed by atoms with van der Waals surface area (Å²) in [6, 6.07) is -0.906. The zero-order chi connectivity index (χ0) is 14.9. The number of amides is 1. The minimum atomic E-state index is -1.04. The molecule has 6 heteroatoms. The van der Waals surface area contributed by atoms with E-state index in [1.165, 1.54) is 0 Å². The molecule has 0 aliphatic heterocycles. The molecule has 1 fully saturated rings. The Hall–Kier alpha value is -1.85. The van der Waals surface area contributed by atoms with Crippen molar-refractivity contribution in [3.8, 4) is 0 Å². The summed E-state index contributed by atoms with van der Waals surface area (Å²) in [6.07, 6.45) is 2.45. The van der Waals surface area contributed by atoms with Crippen molar-refractivity contribution in [1.82, 2.24) is 10.3 Å². The molecule has 1 heterocycles. The van der Waals surface area contributed by atoms with E-state index in [4.69, 9.17) is 9.52 Å². The van der Waals surface area contributed by atoms with Crippen LogP contribution in [0.3, 0.4) is 0 Å². The van der Waals surface area contributed by atoms with E-state index in [0.717, 1.165) is 12.8 Å². The average Bonchev–Trinajstić information content (AvgIpc) is 3.11. The molecule has 1 aliphatic carbocycles. The molecule has 1 aromatic heterocycles. The number of hydrogen-bond acceptors (Lipinski definition) is 4. The van der Waals surface area contributed by atoms with Crippen molar-refractivity contribution in [3.05, 3.63) is 17.3 Å². The van der Waals surface area contributed by atoms with E-state index in [-0.39, 0.29) is 11.7 Å². The molecule has 6 nitrogen and oxygen atoms in total. The van der Waals surface area contributed by atoms with Crippen LogP contribution in [0.1, 0.15) is 61.2 Å². The molecule has 2 N–H and O–H groups in total. The number of carbonyl (C=O) groups excluding carboxylic acids is 1. The number of aromatic nitrogens is 1. The molecule has 1 aliphatic rings. The summed E-state index contributed by atoms with van der Waals surface area (Å²) in [5, 5.41) is 11.6. The lowest BCUT2D eigenvalue weighted by molar-refractivity contribution is -0.139. The Bertz CT molecular complexity index is 517. The highest BCUT2D eigenvalue weighted by Crippen LogP contribution is 2.40. The van der Waals surface area contributed by atoms with Crippen molar-refractivity contribution in [2.45, 2.75) is 52.0 Å². The number of carbonyl (C=O) groups is 2. The number of hydrogen-bond donors (Lipinski definition) is 2. The molecular weight excluding hydrogens is 260 g/mol. The minimum Gasteiger partial charge on any atom is -0.480 e. The first-order valence-corrected chi connectivity index (χ1v) is 6.89. The Morgan fingerprint density at radius 2 is 2.10 bits per heavy atom. The molecule has 110 valence electrons. The molecule has 1 saturated carbocycles. The Kier molecular flexibility index (Phi) is 4.11. The second-order valence-corrected chi connectivity index (χ2v) is 5.73. The number of oxazole rings is 1. The fourth-order valence-electron chi connectivity index (χ4n) is 2.05. The van der Waals surface area contributed by atoms with Crippen LogP contribution >= 0.6 is 0 Å². The van der Waals surface area contributed by atoms with Gasteiger partial charge >= 0.3 is 5.97 Å². The second-order valence-electron chi connectivity index (χ2n) is 5.73. The summed E-state index contributed by atoms with van der Waals surface area (Å²) < 4.78 is 5.47. The molecule has 0 radical (unpaired) electrons. The molecule has 1 atom stereocenters. The lowest BCUT2D eigenvalue weighted by Crippen LogP contribution is -2.41. The Balaban J connectivity index is 2.07. The zero-order valence-electron chi connectivity index (χ0n) is 12.0. The van der Waals surface area contributed by atoms with Crippen LogP contribution in [0.5, 0.6) is 0 Å². The van der Waals surface area contributed by atoms with E-state index in [2.05, 4.69) is 10.3 Å². The van der Waals surface area contributed by atoms with E-state index in [9.17, 15) is 9.59 Å².